The van der Waals surface area contributed by atoms with Crippen LogP contribution in [0, 0.1) is 5.92 Å². The van der Waals surface area contributed by atoms with Crippen LogP contribution in [0.5, 0.6) is 0 Å². The van der Waals surface area contributed by atoms with Gasteiger partial charge in [-0.15, -0.1) is 0 Å². The maximum Gasteiger partial charge on any atom is 0.0891 e. The van der Waals surface area contributed by atoms with E-state index in [9.17, 15) is 0 Å². The molecule has 0 heterocycles. The molecule has 1 atom stereocenters. The molecule has 0 fully saturated rings. The van der Waals surface area contributed by atoms with Crippen molar-refractivity contribution < 1.29 is 5.11 Å². The number of hydrogen-bond donors (Lipinski definition) is 1. The van der Waals surface area contributed by atoms with Gasteiger partial charge in [0.1, 0.15) is 0 Å². The molecule has 0 amide bonds. The molecule has 6 heavy (non-hydrogen) atoms. The molecule has 1 aliphatic rings. The predicted octanol–water partition coefficient (Wildman–Crippen LogP) is 1.47. The SMILES string of the molecule is CC1C=C(O)C1. The average Bonchev–Trinajstić information content (AvgIpc) is 1.33. The van der Waals surface area contributed by atoms with Crippen molar-refractivity contribution in [3.8, 4) is 0 Å². The summed E-state index contributed by atoms with van der Waals surface area (Å²) < 4.78 is 0. The van der Waals surface area contributed by atoms with Crippen molar-refractivity contribution in [1.82, 2.24) is 0 Å². The van der Waals surface area contributed by atoms with Gasteiger partial charge in [-0.2, -0.15) is 0 Å². The standard InChI is InChI=1S/C5H8O/c1-4-2-5(6)3-4/h2,4,6H,3H2,1H3. The van der Waals surface area contributed by atoms with E-state index < -0.39 is 0 Å². The number of hydrogen-bond acceptors (Lipinski definition) is 1. The number of aliphatic hydroxyl groups is 1. The van der Waals surface area contributed by atoms with Crippen LogP contribution in [0.25, 0.3) is 0 Å². The summed E-state index contributed by atoms with van der Waals surface area (Å²) in [5, 5.41) is 8.48. The molecule has 1 rings (SSSR count). The Labute approximate surface area is 37.3 Å². The second kappa shape index (κ2) is 1.00. The van der Waals surface area contributed by atoms with Gasteiger partial charge >= 0.3 is 0 Å². The zero-order valence-corrected chi connectivity index (χ0v) is 3.81. The maximum absolute atomic E-state index is 8.48. The Kier molecular flexibility index (Phi) is 0.621. The van der Waals surface area contributed by atoms with E-state index in [0.717, 1.165) is 6.42 Å². The van der Waals surface area contributed by atoms with Gasteiger partial charge in [0.05, 0.1) is 5.76 Å². The van der Waals surface area contributed by atoms with E-state index in [2.05, 4.69) is 6.92 Å². The van der Waals surface area contributed by atoms with Crippen LogP contribution in [0.3, 0.4) is 0 Å². The zero-order valence-electron chi connectivity index (χ0n) is 3.81. The fourth-order valence-electron chi connectivity index (χ4n) is 0.625. The zero-order chi connectivity index (χ0) is 4.57. The summed E-state index contributed by atoms with van der Waals surface area (Å²) in [7, 11) is 0. The molecule has 0 saturated carbocycles. The lowest BCUT2D eigenvalue weighted by atomic mass is 9.96. The third kappa shape index (κ3) is 0.402. The molecule has 0 bridgehead atoms. The van der Waals surface area contributed by atoms with Gasteiger partial charge < -0.3 is 5.11 Å². The Morgan fingerprint density at radius 1 is 2.00 bits per heavy atom. The summed E-state index contributed by atoms with van der Waals surface area (Å²) in [4.78, 5) is 0. The predicted molar refractivity (Wildman–Crippen MR) is 24.5 cm³/mol. The first-order valence-corrected chi connectivity index (χ1v) is 2.18. The molecule has 0 aromatic rings. The van der Waals surface area contributed by atoms with Gasteiger partial charge in [0, 0.05) is 6.42 Å². The first-order valence-electron chi connectivity index (χ1n) is 2.18. The van der Waals surface area contributed by atoms with Crippen LogP contribution < -0.4 is 0 Å². The molecule has 1 unspecified atom stereocenters. The highest BCUT2D eigenvalue weighted by atomic mass is 16.3. The minimum Gasteiger partial charge on any atom is -0.513 e. The second-order valence-electron chi connectivity index (χ2n) is 1.84. The number of rotatable bonds is 0. The molecular formula is C5H8O. The van der Waals surface area contributed by atoms with Gasteiger partial charge in [0.2, 0.25) is 0 Å². The van der Waals surface area contributed by atoms with Crippen molar-refractivity contribution in [2.75, 3.05) is 0 Å². The molecule has 1 heteroatoms. The van der Waals surface area contributed by atoms with E-state index in [4.69, 9.17) is 5.11 Å². The van der Waals surface area contributed by atoms with E-state index in [1.807, 2.05) is 6.08 Å². The quantitative estimate of drug-likeness (QED) is 0.471. The van der Waals surface area contributed by atoms with Gasteiger partial charge in [-0.25, -0.2) is 0 Å². The van der Waals surface area contributed by atoms with Crippen molar-refractivity contribution >= 4 is 0 Å². The Morgan fingerprint density at radius 2 is 2.50 bits per heavy atom. The number of aliphatic hydroxyl groups excluding tert-OH is 1. The van der Waals surface area contributed by atoms with E-state index in [0.29, 0.717) is 11.7 Å². The minimum atomic E-state index is 0.558. The van der Waals surface area contributed by atoms with E-state index in [1.165, 1.54) is 0 Å². The van der Waals surface area contributed by atoms with Gasteiger partial charge in [0.15, 0.2) is 0 Å². The largest absolute Gasteiger partial charge is 0.513 e. The summed E-state index contributed by atoms with van der Waals surface area (Å²) >= 11 is 0. The minimum absolute atomic E-state index is 0.558. The summed E-state index contributed by atoms with van der Waals surface area (Å²) in [5.74, 6) is 1.19. The summed E-state index contributed by atoms with van der Waals surface area (Å²) in [5.41, 5.74) is 0. The molecule has 1 nitrogen and oxygen atoms in total. The Balaban J connectivity index is 2.46. The molecule has 0 aromatic carbocycles. The maximum atomic E-state index is 8.48. The lowest BCUT2D eigenvalue weighted by Crippen LogP contribution is -2.03. The lowest BCUT2D eigenvalue weighted by molar-refractivity contribution is 0.332. The highest BCUT2D eigenvalue weighted by Gasteiger charge is 2.10. The number of allylic oxidation sites excluding steroid dienone is 2. The highest BCUT2D eigenvalue weighted by molar-refractivity contribution is 5.06. The molecule has 34 valence electrons. The molecular weight excluding hydrogens is 76.1 g/mol. The average molecular weight is 84.1 g/mol. The van der Waals surface area contributed by atoms with Crippen LogP contribution in [-0.2, 0) is 0 Å². The summed E-state index contributed by atoms with van der Waals surface area (Å²) in [6, 6.07) is 0. The monoisotopic (exact) mass is 84.1 g/mol. The first kappa shape index (κ1) is 3.72. The van der Waals surface area contributed by atoms with Crippen molar-refractivity contribution in [1.29, 1.82) is 0 Å². The van der Waals surface area contributed by atoms with E-state index in [-0.39, 0.29) is 0 Å². The molecule has 0 aliphatic heterocycles. The second-order valence-corrected chi connectivity index (χ2v) is 1.84. The van der Waals surface area contributed by atoms with Crippen LogP contribution in [0.1, 0.15) is 13.3 Å². The summed E-state index contributed by atoms with van der Waals surface area (Å²) in [6.45, 7) is 2.08. The van der Waals surface area contributed by atoms with Crippen LogP contribution in [-0.4, -0.2) is 5.11 Å². The summed E-state index contributed by atoms with van der Waals surface area (Å²) in [6.07, 6.45) is 2.75. The van der Waals surface area contributed by atoms with Crippen molar-refractivity contribution in [2.45, 2.75) is 13.3 Å². The van der Waals surface area contributed by atoms with Crippen LogP contribution >= 0.6 is 0 Å². The van der Waals surface area contributed by atoms with Crippen molar-refractivity contribution in [3.63, 3.8) is 0 Å². The Hall–Kier alpha value is -0.460. The molecule has 1 N–H and O–H groups in total. The molecule has 0 saturated heterocycles. The van der Waals surface area contributed by atoms with E-state index in [1.54, 1.807) is 0 Å². The third-order valence-electron chi connectivity index (χ3n) is 1.01. The van der Waals surface area contributed by atoms with Gasteiger partial charge in [-0.3, -0.25) is 0 Å². The smallest absolute Gasteiger partial charge is 0.0891 e. The van der Waals surface area contributed by atoms with Gasteiger partial charge in [-0.05, 0) is 12.0 Å². The first-order chi connectivity index (χ1) is 2.79. The van der Waals surface area contributed by atoms with Gasteiger partial charge in [-0.1, -0.05) is 6.92 Å². The third-order valence-corrected chi connectivity index (χ3v) is 1.01. The van der Waals surface area contributed by atoms with Crippen molar-refractivity contribution in [2.24, 2.45) is 5.92 Å². The van der Waals surface area contributed by atoms with Crippen LogP contribution in [0.4, 0.5) is 0 Å². The van der Waals surface area contributed by atoms with Gasteiger partial charge in [0.25, 0.3) is 0 Å². The fraction of sp³-hybridized carbons (Fsp3) is 0.600. The van der Waals surface area contributed by atoms with Crippen LogP contribution in [0.2, 0.25) is 0 Å². The van der Waals surface area contributed by atoms with E-state index >= 15 is 0 Å². The Bertz CT molecular complexity index is 83.9. The molecule has 0 radical (unpaired) electrons. The molecule has 0 aromatic heterocycles. The molecule has 0 spiro atoms. The topological polar surface area (TPSA) is 20.2 Å². The lowest BCUT2D eigenvalue weighted by Gasteiger charge is -2.14. The molecule has 1 aliphatic carbocycles. The Morgan fingerprint density at radius 3 is 2.50 bits per heavy atom. The van der Waals surface area contributed by atoms with Crippen LogP contribution in [0.15, 0.2) is 11.8 Å². The normalized spacial score (nSPS) is 31.5. The van der Waals surface area contributed by atoms with Crippen molar-refractivity contribution in [3.05, 3.63) is 11.8 Å². The highest BCUT2D eigenvalue weighted by Crippen LogP contribution is 2.21. The fourth-order valence-corrected chi connectivity index (χ4v) is 0.625.